The average Bonchev–Trinajstić information content (AvgIpc) is 2.77. The number of ether oxygens (including phenoxy) is 1. The molecule has 4 atom stereocenters. The van der Waals surface area contributed by atoms with Crippen molar-refractivity contribution in [2.45, 2.75) is 43.9 Å². The highest BCUT2D eigenvalue weighted by atomic mass is 35.5. The van der Waals surface area contributed by atoms with Crippen molar-refractivity contribution in [2.24, 2.45) is 5.92 Å². The van der Waals surface area contributed by atoms with Crippen LogP contribution in [0.1, 0.15) is 49.0 Å². The Morgan fingerprint density at radius 3 is 2.78 bits per heavy atom. The minimum atomic E-state index is -0.369. The maximum atomic E-state index is 14.8. The Labute approximate surface area is 194 Å². The van der Waals surface area contributed by atoms with Gasteiger partial charge < -0.3 is 20.3 Å². The van der Waals surface area contributed by atoms with E-state index in [-0.39, 0.29) is 35.9 Å². The summed E-state index contributed by atoms with van der Waals surface area (Å²) in [7, 11) is 4.00. The highest BCUT2D eigenvalue weighted by molar-refractivity contribution is 6.30. The molecule has 0 spiro atoms. The van der Waals surface area contributed by atoms with Crippen molar-refractivity contribution in [3.8, 4) is 0 Å². The Morgan fingerprint density at radius 1 is 1.25 bits per heavy atom. The number of rotatable bonds is 7. The molecule has 1 fully saturated rings. The first-order chi connectivity index (χ1) is 15.4. The van der Waals surface area contributed by atoms with Crippen molar-refractivity contribution in [1.29, 1.82) is 0 Å². The maximum absolute atomic E-state index is 14.8. The van der Waals surface area contributed by atoms with Gasteiger partial charge in [-0.3, -0.25) is 4.79 Å². The second-order valence-corrected chi connectivity index (χ2v) is 9.45. The monoisotopic (exact) mass is 459 g/mol. The highest BCUT2D eigenvalue weighted by Gasteiger charge is 2.43. The second-order valence-electron chi connectivity index (χ2n) is 9.02. The highest BCUT2D eigenvalue weighted by Crippen LogP contribution is 2.51. The van der Waals surface area contributed by atoms with Crippen LogP contribution in [-0.2, 0) is 9.53 Å². The molecule has 0 bridgehead atoms. The summed E-state index contributed by atoms with van der Waals surface area (Å²) in [6.07, 6.45) is 2.67. The molecule has 2 aliphatic rings. The molecule has 5 nitrogen and oxygen atoms in total. The van der Waals surface area contributed by atoms with Gasteiger partial charge in [0.15, 0.2) is 0 Å². The molecule has 0 radical (unpaired) electrons. The number of carbonyl (C=O) groups excluding carboxylic acids is 1. The number of benzene rings is 2. The fraction of sp³-hybridized carbons (Fsp3) is 0.480. The SMILES string of the molecule is CN(C)CCCC(=O)NC[C@H]1CC[C@@H]2[C@H](O1)c1cc(Cl)cc(F)c1N[C@H]2c1ccccc1. The summed E-state index contributed by atoms with van der Waals surface area (Å²) in [5.74, 6) is -0.179. The third kappa shape index (κ3) is 5.25. The largest absolute Gasteiger partial charge is 0.375 e. The standard InChI is InChI=1S/C25H31ClFN3O2/c1-30(2)12-6-9-22(31)28-15-18-10-11-19-23(16-7-4-3-5-8-16)29-24-20(25(19)32-18)13-17(26)14-21(24)27/h3-5,7-8,13-14,18-19,23,25,29H,6,9-12,15H2,1-2H3,(H,28,31)/t18-,19+,23+,25+/m1/s1. The molecule has 2 aromatic carbocycles. The van der Waals surface area contributed by atoms with Crippen LogP contribution in [0.4, 0.5) is 10.1 Å². The van der Waals surface area contributed by atoms with Gasteiger partial charge in [0.1, 0.15) is 5.82 Å². The molecule has 172 valence electrons. The number of carbonyl (C=O) groups is 1. The number of hydrogen-bond acceptors (Lipinski definition) is 4. The second kappa shape index (κ2) is 10.2. The fourth-order valence-corrected chi connectivity index (χ4v) is 5.01. The van der Waals surface area contributed by atoms with Crippen molar-refractivity contribution < 1.29 is 13.9 Å². The van der Waals surface area contributed by atoms with Gasteiger partial charge in [0.05, 0.1) is 23.9 Å². The quantitative estimate of drug-likeness (QED) is 0.615. The Kier molecular flexibility index (Phi) is 7.33. The molecule has 2 heterocycles. The molecule has 2 aromatic rings. The third-order valence-corrected chi connectivity index (χ3v) is 6.58. The van der Waals surface area contributed by atoms with Crippen LogP contribution in [-0.4, -0.2) is 44.1 Å². The summed E-state index contributed by atoms with van der Waals surface area (Å²) >= 11 is 6.19. The number of nitrogens with one attached hydrogen (secondary N) is 2. The van der Waals surface area contributed by atoms with E-state index >= 15 is 0 Å². The number of hydrogen-bond donors (Lipinski definition) is 2. The van der Waals surface area contributed by atoms with Crippen LogP contribution >= 0.6 is 11.6 Å². The van der Waals surface area contributed by atoms with Gasteiger partial charge in [-0.2, -0.15) is 0 Å². The van der Waals surface area contributed by atoms with E-state index in [9.17, 15) is 9.18 Å². The molecule has 0 saturated carbocycles. The van der Waals surface area contributed by atoms with Crippen molar-refractivity contribution in [3.05, 3.63) is 64.4 Å². The molecule has 0 aliphatic carbocycles. The van der Waals surface area contributed by atoms with Gasteiger partial charge in [0.2, 0.25) is 5.91 Å². The van der Waals surface area contributed by atoms with Gasteiger partial charge in [-0.25, -0.2) is 4.39 Å². The van der Waals surface area contributed by atoms with Gasteiger partial charge in [0.25, 0.3) is 0 Å². The molecule has 2 N–H and O–H groups in total. The third-order valence-electron chi connectivity index (χ3n) is 6.36. The van der Waals surface area contributed by atoms with E-state index in [1.165, 1.54) is 6.07 Å². The van der Waals surface area contributed by atoms with E-state index in [1.54, 1.807) is 6.07 Å². The molecular formula is C25H31ClFN3O2. The number of nitrogens with zero attached hydrogens (tertiary/aromatic N) is 1. The van der Waals surface area contributed by atoms with Gasteiger partial charge in [0, 0.05) is 29.5 Å². The van der Waals surface area contributed by atoms with Gasteiger partial charge >= 0.3 is 0 Å². The van der Waals surface area contributed by atoms with E-state index in [1.807, 2.05) is 32.3 Å². The summed E-state index contributed by atoms with van der Waals surface area (Å²) in [4.78, 5) is 14.3. The van der Waals surface area contributed by atoms with Crippen molar-refractivity contribution >= 4 is 23.2 Å². The minimum absolute atomic E-state index is 0.0412. The summed E-state index contributed by atoms with van der Waals surface area (Å²) in [5, 5.41) is 6.79. The summed E-state index contributed by atoms with van der Waals surface area (Å²) in [6.45, 7) is 1.35. The van der Waals surface area contributed by atoms with Gasteiger partial charge in [-0.05, 0) is 57.6 Å². The first kappa shape index (κ1) is 23.0. The summed E-state index contributed by atoms with van der Waals surface area (Å²) in [6, 6.07) is 13.2. The number of halogens is 2. The number of fused-ring (bicyclic) bond motifs is 3. The maximum Gasteiger partial charge on any atom is 0.220 e. The lowest BCUT2D eigenvalue weighted by Gasteiger charge is -2.45. The van der Waals surface area contributed by atoms with Crippen molar-refractivity contribution in [1.82, 2.24) is 10.2 Å². The summed E-state index contributed by atoms with van der Waals surface area (Å²) < 4.78 is 21.3. The molecule has 4 rings (SSSR count). The van der Waals surface area contributed by atoms with Crippen LogP contribution in [0.3, 0.4) is 0 Å². The van der Waals surface area contributed by atoms with E-state index in [2.05, 4.69) is 27.7 Å². The summed E-state index contributed by atoms with van der Waals surface area (Å²) in [5.41, 5.74) is 2.32. The molecule has 1 amide bonds. The molecule has 0 aromatic heterocycles. The number of anilines is 1. The van der Waals surface area contributed by atoms with Crippen molar-refractivity contribution in [2.75, 3.05) is 32.5 Å². The zero-order chi connectivity index (χ0) is 22.7. The van der Waals surface area contributed by atoms with Crippen molar-refractivity contribution in [3.63, 3.8) is 0 Å². The average molecular weight is 460 g/mol. The molecular weight excluding hydrogens is 429 g/mol. The van der Waals surface area contributed by atoms with Crippen LogP contribution in [0.2, 0.25) is 5.02 Å². The fourth-order valence-electron chi connectivity index (χ4n) is 4.80. The zero-order valence-corrected chi connectivity index (χ0v) is 19.4. The van der Waals surface area contributed by atoms with Crippen LogP contribution in [0.5, 0.6) is 0 Å². The normalized spacial score (nSPS) is 24.4. The lowest BCUT2D eigenvalue weighted by molar-refractivity contribution is -0.124. The molecule has 32 heavy (non-hydrogen) atoms. The first-order valence-electron chi connectivity index (χ1n) is 11.3. The van der Waals surface area contributed by atoms with E-state index in [4.69, 9.17) is 16.3 Å². The Bertz CT molecular complexity index is 940. The smallest absolute Gasteiger partial charge is 0.220 e. The zero-order valence-electron chi connectivity index (χ0n) is 18.6. The molecule has 0 unspecified atom stereocenters. The Balaban J connectivity index is 1.49. The Hall–Kier alpha value is -2.15. The van der Waals surface area contributed by atoms with E-state index in [0.29, 0.717) is 23.7 Å². The predicted octanol–water partition coefficient (Wildman–Crippen LogP) is 4.94. The number of amides is 1. The van der Waals surface area contributed by atoms with Crippen LogP contribution in [0, 0.1) is 11.7 Å². The minimum Gasteiger partial charge on any atom is -0.375 e. The first-order valence-corrected chi connectivity index (χ1v) is 11.7. The van der Waals surface area contributed by atoms with Gasteiger partial charge in [-0.15, -0.1) is 0 Å². The van der Waals surface area contributed by atoms with E-state index < -0.39 is 0 Å². The lowest BCUT2D eigenvalue weighted by Crippen LogP contribution is -2.43. The predicted molar refractivity (Wildman–Crippen MR) is 125 cm³/mol. The van der Waals surface area contributed by atoms with Gasteiger partial charge in [-0.1, -0.05) is 41.9 Å². The Morgan fingerprint density at radius 2 is 2.03 bits per heavy atom. The van der Waals surface area contributed by atoms with E-state index in [0.717, 1.165) is 36.9 Å². The van der Waals surface area contributed by atoms with Crippen LogP contribution < -0.4 is 10.6 Å². The lowest BCUT2D eigenvalue weighted by atomic mass is 9.76. The van der Waals surface area contributed by atoms with Crippen LogP contribution in [0.15, 0.2) is 42.5 Å². The molecule has 2 aliphatic heterocycles. The molecule has 1 saturated heterocycles. The topological polar surface area (TPSA) is 53.6 Å². The molecule has 7 heteroatoms. The van der Waals surface area contributed by atoms with Crippen LogP contribution in [0.25, 0.3) is 0 Å².